The largest absolute Gasteiger partial charge is 0.465 e. The molecular formula is C25H30O3. The van der Waals surface area contributed by atoms with Crippen LogP contribution in [0.5, 0.6) is 5.75 Å². The van der Waals surface area contributed by atoms with Crippen LogP contribution in [0.2, 0.25) is 0 Å². The molecule has 28 heavy (non-hydrogen) atoms. The lowest BCUT2D eigenvalue weighted by atomic mass is 9.99. The summed E-state index contributed by atoms with van der Waals surface area (Å²) in [5, 5.41) is 2.49. The fraction of sp³-hybridized carbons (Fsp3) is 0.360. The van der Waals surface area contributed by atoms with Crippen molar-refractivity contribution >= 4 is 10.8 Å². The smallest absolute Gasteiger partial charge is 0.197 e. The van der Waals surface area contributed by atoms with E-state index in [1.165, 1.54) is 21.9 Å². The minimum absolute atomic E-state index is 0.307. The minimum Gasteiger partial charge on any atom is -0.465 e. The highest BCUT2D eigenvalue weighted by Crippen LogP contribution is 2.22. The molecule has 2 unspecified atom stereocenters. The summed E-state index contributed by atoms with van der Waals surface area (Å²) < 4.78 is 17.3. The molecule has 0 heterocycles. The van der Waals surface area contributed by atoms with Gasteiger partial charge < -0.3 is 14.2 Å². The third kappa shape index (κ3) is 5.82. The number of benzene rings is 3. The van der Waals surface area contributed by atoms with Gasteiger partial charge in [-0.15, -0.1) is 0 Å². The lowest BCUT2D eigenvalue weighted by Gasteiger charge is -2.16. The Morgan fingerprint density at radius 1 is 0.821 bits per heavy atom. The third-order valence-electron chi connectivity index (χ3n) is 5.03. The summed E-state index contributed by atoms with van der Waals surface area (Å²) in [4.78, 5) is 0. The molecule has 3 nitrogen and oxygen atoms in total. The molecule has 0 saturated carbocycles. The van der Waals surface area contributed by atoms with Crippen molar-refractivity contribution in [3.05, 3.63) is 77.9 Å². The van der Waals surface area contributed by atoms with Crippen molar-refractivity contribution in [3.8, 4) is 5.75 Å². The Morgan fingerprint density at radius 2 is 1.57 bits per heavy atom. The minimum atomic E-state index is -0.307. The summed E-state index contributed by atoms with van der Waals surface area (Å²) in [5.74, 6) is 1.40. The Hall–Kier alpha value is -2.36. The van der Waals surface area contributed by atoms with Crippen LogP contribution in [-0.2, 0) is 16.1 Å². The highest BCUT2D eigenvalue weighted by molar-refractivity contribution is 5.82. The monoisotopic (exact) mass is 378 g/mol. The SMILES string of the molecule is CCC(C)c1ccc(OC(C)OCCOCc2ccc3ccccc3c2)cc1. The zero-order valence-corrected chi connectivity index (χ0v) is 17.1. The third-order valence-corrected chi connectivity index (χ3v) is 5.03. The van der Waals surface area contributed by atoms with E-state index in [2.05, 4.69) is 68.4 Å². The van der Waals surface area contributed by atoms with Crippen molar-refractivity contribution in [3.63, 3.8) is 0 Å². The maximum Gasteiger partial charge on any atom is 0.197 e. The number of rotatable bonds is 10. The number of ether oxygens (including phenoxy) is 3. The molecule has 0 aliphatic rings. The number of hydrogen-bond donors (Lipinski definition) is 0. The van der Waals surface area contributed by atoms with Gasteiger partial charge in [-0.1, -0.05) is 62.4 Å². The van der Waals surface area contributed by atoms with Gasteiger partial charge >= 0.3 is 0 Å². The maximum absolute atomic E-state index is 5.82. The molecule has 3 aromatic rings. The van der Waals surface area contributed by atoms with Crippen LogP contribution < -0.4 is 4.74 Å². The molecule has 2 atom stereocenters. The second-order valence-corrected chi connectivity index (χ2v) is 7.17. The number of hydrogen-bond acceptors (Lipinski definition) is 3. The van der Waals surface area contributed by atoms with Gasteiger partial charge in [-0.2, -0.15) is 0 Å². The van der Waals surface area contributed by atoms with Gasteiger partial charge in [0.25, 0.3) is 0 Å². The van der Waals surface area contributed by atoms with Gasteiger partial charge in [0.15, 0.2) is 6.29 Å². The van der Waals surface area contributed by atoms with Gasteiger partial charge in [-0.05, 0) is 59.4 Å². The molecule has 3 rings (SSSR count). The second kappa shape index (κ2) is 10.3. The molecule has 0 radical (unpaired) electrons. The van der Waals surface area contributed by atoms with Gasteiger partial charge in [0.2, 0.25) is 0 Å². The first-order valence-electron chi connectivity index (χ1n) is 10.1. The summed E-state index contributed by atoms with van der Waals surface area (Å²) in [6.07, 6.45) is 0.831. The first-order chi connectivity index (χ1) is 13.7. The molecule has 3 heteroatoms. The fourth-order valence-electron chi connectivity index (χ4n) is 3.13. The predicted octanol–water partition coefficient (Wildman–Crippen LogP) is 6.31. The molecule has 3 aromatic carbocycles. The zero-order chi connectivity index (χ0) is 19.8. The highest BCUT2D eigenvalue weighted by atomic mass is 16.7. The second-order valence-electron chi connectivity index (χ2n) is 7.17. The van der Waals surface area contributed by atoms with Gasteiger partial charge in [0, 0.05) is 0 Å². The first-order valence-corrected chi connectivity index (χ1v) is 10.1. The van der Waals surface area contributed by atoms with Crippen LogP contribution in [0.15, 0.2) is 66.7 Å². The van der Waals surface area contributed by atoms with Crippen LogP contribution in [0.1, 0.15) is 44.2 Å². The average molecular weight is 379 g/mol. The average Bonchev–Trinajstić information content (AvgIpc) is 2.73. The number of fused-ring (bicyclic) bond motifs is 1. The van der Waals surface area contributed by atoms with Crippen LogP contribution >= 0.6 is 0 Å². The molecule has 0 aromatic heterocycles. The van der Waals surface area contributed by atoms with E-state index >= 15 is 0 Å². The normalized spacial score (nSPS) is 13.4. The Labute approximate surface area is 168 Å². The van der Waals surface area contributed by atoms with Crippen molar-refractivity contribution in [1.29, 1.82) is 0 Å². The molecule has 0 fully saturated rings. The van der Waals surface area contributed by atoms with Gasteiger partial charge in [-0.3, -0.25) is 0 Å². The Bertz CT molecular complexity index is 857. The van der Waals surface area contributed by atoms with Crippen molar-refractivity contribution in [1.82, 2.24) is 0 Å². The van der Waals surface area contributed by atoms with E-state index in [1.54, 1.807) is 0 Å². The van der Waals surface area contributed by atoms with E-state index in [-0.39, 0.29) is 6.29 Å². The van der Waals surface area contributed by atoms with Gasteiger partial charge in [0.05, 0.1) is 19.8 Å². The maximum atomic E-state index is 5.82. The van der Waals surface area contributed by atoms with Crippen molar-refractivity contribution in [2.75, 3.05) is 13.2 Å². The summed E-state index contributed by atoms with van der Waals surface area (Å²) in [5.41, 5.74) is 2.51. The quantitative estimate of drug-likeness (QED) is 0.305. The Kier molecular flexibility index (Phi) is 7.46. The van der Waals surface area contributed by atoms with Gasteiger partial charge in [0.1, 0.15) is 5.75 Å². The van der Waals surface area contributed by atoms with E-state index in [4.69, 9.17) is 14.2 Å². The standard InChI is InChI=1S/C25H30O3/c1-4-19(2)22-11-13-25(14-12-22)28-20(3)27-16-15-26-18-21-9-10-23-7-5-6-8-24(23)17-21/h5-14,17,19-20H,4,15-16,18H2,1-3H3. The summed E-state index contributed by atoms with van der Waals surface area (Å²) >= 11 is 0. The molecule has 0 aliphatic heterocycles. The van der Waals surface area contributed by atoms with E-state index in [9.17, 15) is 0 Å². The summed E-state index contributed by atoms with van der Waals surface area (Å²) in [7, 11) is 0. The van der Waals surface area contributed by atoms with Crippen LogP contribution in [0, 0.1) is 0 Å². The van der Waals surface area contributed by atoms with Crippen molar-refractivity contribution in [2.24, 2.45) is 0 Å². The predicted molar refractivity (Wildman–Crippen MR) is 115 cm³/mol. The van der Waals surface area contributed by atoms with E-state index in [1.807, 2.05) is 19.1 Å². The first kappa shape index (κ1) is 20.4. The van der Waals surface area contributed by atoms with Crippen LogP contribution in [0.25, 0.3) is 10.8 Å². The van der Waals surface area contributed by atoms with E-state index in [0.717, 1.165) is 12.2 Å². The van der Waals surface area contributed by atoms with Crippen LogP contribution in [-0.4, -0.2) is 19.5 Å². The summed E-state index contributed by atoms with van der Waals surface area (Å²) in [6, 6.07) is 23.0. The van der Waals surface area contributed by atoms with Crippen LogP contribution in [0.4, 0.5) is 0 Å². The molecule has 0 N–H and O–H groups in total. The Morgan fingerprint density at radius 3 is 2.32 bits per heavy atom. The molecular weight excluding hydrogens is 348 g/mol. The highest BCUT2D eigenvalue weighted by Gasteiger charge is 2.06. The molecule has 0 amide bonds. The zero-order valence-electron chi connectivity index (χ0n) is 17.1. The molecule has 148 valence electrons. The topological polar surface area (TPSA) is 27.7 Å². The molecule has 0 aliphatic carbocycles. The Balaban J connectivity index is 1.36. The van der Waals surface area contributed by atoms with Crippen molar-refractivity contribution in [2.45, 2.75) is 46.0 Å². The molecule has 0 bridgehead atoms. The lowest BCUT2D eigenvalue weighted by molar-refractivity contribution is -0.0848. The van der Waals surface area contributed by atoms with Crippen molar-refractivity contribution < 1.29 is 14.2 Å². The van der Waals surface area contributed by atoms with Gasteiger partial charge in [-0.25, -0.2) is 0 Å². The molecule has 0 spiro atoms. The van der Waals surface area contributed by atoms with E-state index in [0.29, 0.717) is 25.7 Å². The fourth-order valence-corrected chi connectivity index (χ4v) is 3.13. The van der Waals surface area contributed by atoms with E-state index < -0.39 is 0 Å². The van der Waals surface area contributed by atoms with Crippen LogP contribution in [0.3, 0.4) is 0 Å². The summed E-state index contributed by atoms with van der Waals surface area (Å²) in [6.45, 7) is 7.96. The molecule has 0 saturated heterocycles. The lowest BCUT2D eigenvalue weighted by Crippen LogP contribution is -2.19.